The molecule has 1 aliphatic heterocycles. The fourth-order valence-electron chi connectivity index (χ4n) is 3.61. The summed E-state index contributed by atoms with van der Waals surface area (Å²) in [7, 11) is 0. The van der Waals surface area contributed by atoms with Gasteiger partial charge in [-0.3, -0.25) is 5.10 Å². The highest BCUT2D eigenvalue weighted by atomic mass is 16.5. The maximum Gasteiger partial charge on any atom is 0.341 e. The molecule has 0 saturated carbocycles. The summed E-state index contributed by atoms with van der Waals surface area (Å²) in [5.41, 5.74) is 9.19. The highest BCUT2D eigenvalue weighted by Crippen LogP contribution is 2.46. The molecule has 9 heteroatoms. The van der Waals surface area contributed by atoms with Gasteiger partial charge in [0.1, 0.15) is 23.1 Å². The molecule has 3 aromatic rings. The molecule has 162 valence electrons. The Balaban J connectivity index is 1.78. The van der Waals surface area contributed by atoms with E-state index < -0.39 is 18.5 Å². The quantitative estimate of drug-likeness (QED) is 0.516. The number of hydrogen-bond donors (Lipinski definition) is 3. The number of hydrogen-bond acceptors (Lipinski definition) is 7. The molecule has 0 bridgehead atoms. The molecule has 1 atom stereocenters. The molecule has 2 aromatic carbocycles. The smallest absolute Gasteiger partial charge is 0.341 e. The van der Waals surface area contributed by atoms with Crippen LogP contribution in [0.1, 0.15) is 24.0 Å². The minimum Gasteiger partial charge on any atom is -0.494 e. The fourth-order valence-corrected chi connectivity index (χ4v) is 3.61. The third kappa shape index (κ3) is 3.94. The predicted molar refractivity (Wildman–Crippen MR) is 114 cm³/mol. The highest BCUT2D eigenvalue weighted by Gasteiger charge is 2.35. The number of carboxylic acid groups (broad SMARTS) is 1. The summed E-state index contributed by atoms with van der Waals surface area (Å²) < 4.78 is 16.4. The Labute approximate surface area is 183 Å². The number of benzene rings is 2. The molecular weight excluding hydrogens is 412 g/mol. The lowest BCUT2D eigenvalue weighted by Gasteiger charge is -2.24. The van der Waals surface area contributed by atoms with E-state index in [4.69, 9.17) is 25.1 Å². The van der Waals surface area contributed by atoms with Crippen LogP contribution in [0, 0.1) is 11.3 Å². The van der Waals surface area contributed by atoms with Crippen LogP contribution in [0.25, 0.3) is 11.3 Å². The summed E-state index contributed by atoms with van der Waals surface area (Å²) in [6, 6.07) is 16.5. The van der Waals surface area contributed by atoms with Crippen LogP contribution in [0.2, 0.25) is 0 Å². The minimum absolute atomic E-state index is 0.0164. The number of fused-ring (bicyclic) bond motifs is 1. The molecule has 0 aliphatic carbocycles. The molecule has 0 radical (unpaired) electrons. The molecule has 2 heterocycles. The van der Waals surface area contributed by atoms with Crippen LogP contribution in [0.4, 0.5) is 0 Å². The number of carbonyl (C=O) groups is 1. The Bertz CT molecular complexity index is 1220. The Kier molecular flexibility index (Phi) is 5.68. The van der Waals surface area contributed by atoms with Crippen molar-refractivity contribution < 1.29 is 24.1 Å². The number of nitrogens with one attached hydrogen (secondary N) is 1. The van der Waals surface area contributed by atoms with Gasteiger partial charge in [-0.25, -0.2) is 4.79 Å². The van der Waals surface area contributed by atoms with Gasteiger partial charge in [0.25, 0.3) is 0 Å². The second-order valence-electron chi connectivity index (χ2n) is 6.95. The molecule has 32 heavy (non-hydrogen) atoms. The summed E-state index contributed by atoms with van der Waals surface area (Å²) in [5.74, 6) is -0.232. The zero-order valence-corrected chi connectivity index (χ0v) is 17.2. The molecule has 1 unspecified atom stereocenters. The van der Waals surface area contributed by atoms with Crippen LogP contribution < -0.4 is 19.9 Å². The molecule has 0 amide bonds. The van der Waals surface area contributed by atoms with E-state index in [-0.39, 0.29) is 17.3 Å². The van der Waals surface area contributed by atoms with E-state index in [9.17, 15) is 10.1 Å². The molecule has 1 aliphatic rings. The second kappa shape index (κ2) is 8.73. The monoisotopic (exact) mass is 432 g/mol. The summed E-state index contributed by atoms with van der Waals surface area (Å²) in [6.07, 6.45) is 0. The van der Waals surface area contributed by atoms with Crippen LogP contribution in [0.15, 0.2) is 60.0 Å². The van der Waals surface area contributed by atoms with Crippen LogP contribution in [-0.2, 0) is 4.79 Å². The number of nitrogens with zero attached hydrogens (tertiary/aromatic N) is 2. The van der Waals surface area contributed by atoms with E-state index in [1.807, 2.05) is 31.2 Å². The van der Waals surface area contributed by atoms with Gasteiger partial charge in [-0.2, -0.15) is 5.26 Å². The first-order valence-electron chi connectivity index (χ1n) is 9.85. The maximum atomic E-state index is 10.7. The van der Waals surface area contributed by atoms with Crippen molar-refractivity contribution in [3.63, 3.8) is 0 Å². The number of allylic oxidation sites excluding steroid dienone is 1. The maximum absolute atomic E-state index is 10.7. The van der Waals surface area contributed by atoms with Crippen molar-refractivity contribution in [2.75, 3.05) is 13.2 Å². The molecule has 0 saturated heterocycles. The topological polar surface area (TPSA) is 143 Å². The normalized spacial score (nSPS) is 14.8. The Morgan fingerprint density at radius 1 is 1.25 bits per heavy atom. The van der Waals surface area contributed by atoms with E-state index in [1.165, 1.54) is 0 Å². The molecule has 4 N–H and O–H groups in total. The van der Waals surface area contributed by atoms with Crippen molar-refractivity contribution in [1.29, 1.82) is 5.26 Å². The first-order chi connectivity index (χ1) is 15.5. The summed E-state index contributed by atoms with van der Waals surface area (Å²) in [5, 5.41) is 25.9. The van der Waals surface area contributed by atoms with E-state index in [1.54, 1.807) is 24.3 Å². The van der Waals surface area contributed by atoms with Crippen LogP contribution >= 0.6 is 0 Å². The fraction of sp³-hybridized carbons (Fsp3) is 0.174. The summed E-state index contributed by atoms with van der Waals surface area (Å²) in [4.78, 5) is 10.7. The Morgan fingerprint density at radius 3 is 2.72 bits per heavy atom. The van der Waals surface area contributed by atoms with Crippen molar-refractivity contribution >= 4 is 5.97 Å². The first-order valence-corrected chi connectivity index (χ1v) is 9.85. The number of aromatic amines is 1. The largest absolute Gasteiger partial charge is 0.494 e. The first kappa shape index (κ1) is 20.8. The minimum atomic E-state index is -1.07. The number of carboxylic acids is 1. The lowest BCUT2D eigenvalue weighted by Crippen LogP contribution is -2.21. The van der Waals surface area contributed by atoms with Gasteiger partial charge < -0.3 is 25.1 Å². The van der Waals surface area contributed by atoms with Gasteiger partial charge in [0.2, 0.25) is 11.8 Å². The number of aliphatic carboxylic acids is 1. The number of aromatic nitrogens is 2. The van der Waals surface area contributed by atoms with Crippen molar-refractivity contribution in [3.05, 3.63) is 71.1 Å². The number of ether oxygens (including phenoxy) is 3. The average molecular weight is 432 g/mol. The molecule has 0 fully saturated rings. The number of H-pyrrole nitrogens is 1. The van der Waals surface area contributed by atoms with Gasteiger partial charge in [-0.05, 0) is 36.8 Å². The number of nitriles is 1. The zero-order chi connectivity index (χ0) is 22.7. The second-order valence-corrected chi connectivity index (χ2v) is 6.95. The highest BCUT2D eigenvalue weighted by molar-refractivity contribution is 5.72. The van der Waals surface area contributed by atoms with Crippen molar-refractivity contribution in [2.45, 2.75) is 12.8 Å². The number of rotatable bonds is 7. The van der Waals surface area contributed by atoms with Gasteiger partial charge in [0.15, 0.2) is 6.61 Å². The Morgan fingerprint density at radius 2 is 2.03 bits per heavy atom. The van der Waals surface area contributed by atoms with Gasteiger partial charge in [0.05, 0.1) is 23.8 Å². The van der Waals surface area contributed by atoms with Crippen molar-refractivity contribution in [1.82, 2.24) is 10.2 Å². The van der Waals surface area contributed by atoms with E-state index in [2.05, 4.69) is 16.3 Å². The van der Waals surface area contributed by atoms with E-state index in [0.29, 0.717) is 29.4 Å². The summed E-state index contributed by atoms with van der Waals surface area (Å²) in [6.45, 7) is 1.99. The molecule has 9 nitrogen and oxygen atoms in total. The molecular formula is C23H20N4O5. The lowest BCUT2D eigenvalue weighted by atomic mass is 9.83. The third-order valence-corrected chi connectivity index (χ3v) is 4.95. The van der Waals surface area contributed by atoms with E-state index in [0.717, 1.165) is 11.1 Å². The van der Waals surface area contributed by atoms with Crippen LogP contribution in [0.5, 0.6) is 17.4 Å². The average Bonchev–Trinajstić information content (AvgIpc) is 3.21. The third-order valence-electron chi connectivity index (χ3n) is 4.95. The molecule has 0 spiro atoms. The Hall–Kier alpha value is -4.45. The zero-order valence-electron chi connectivity index (χ0n) is 17.2. The molecule has 1 aromatic heterocycles. The van der Waals surface area contributed by atoms with E-state index >= 15 is 0 Å². The lowest BCUT2D eigenvalue weighted by molar-refractivity contribution is -0.139. The summed E-state index contributed by atoms with van der Waals surface area (Å²) >= 11 is 0. The SMILES string of the molecule is CCOc1cccc(-c2[nH]nc3c2C(c2ccc(OCC(=O)O)cc2)C(C#N)=C(N)O3)c1. The molecule has 4 rings (SSSR count). The van der Waals surface area contributed by atoms with Gasteiger partial charge in [-0.15, -0.1) is 5.10 Å². The van der Waals surface area contributed by atoms with Crippen molar-refractivity contribution in [2.24, 2.45) is 5.73 Å². The standard InChI is InChI=1S/C23H20N4O5/c1-2-30-16-5-3-4-14(10-16)21-20-19(17(11-24)22(25)32-23(20)27-26-21)13-6-8-15(9-7-13)31-12-18(28)29/h3-10,19H,2,12,25H2,1H3,(H,26,27)(H,28,29). The van der Waals surface area contributed by atoms with Crippen molar-refractivity contribution in [3.8, 4) is 34.7 Å². The van der Waals surface area contributed by atoms with Crippen LogP contribution in [0.3, 0.4) is 0 Å². The van der Waals surface area contributed by atoms with Gasteiger partial charge in [-0.1, -0.05) is 24.3 Å². The van der Waals surface area contributed by atoms with Crippen LogP contribution in [-0.4, -0.2) is 34.5 Å². The predicted octanol–water partition coefficient (Wildman–Crippen LogP) is 3.16. The van der Waals surface area contributed by atoms with Gasteiger partial charge in [0, 0.05) is 5.56 Å². The van der Waals surface area contributed by atoms with Gasteiger partial charge >= 0.3 is 5.97 Å². The number of nitrogens with two attached hydrogens (primary N) is 1.